The first kappa shape index (κ1) is 18.0. The fourth-order valence-electron chi connectivity index (χ4n) is 2.85. The summed E-state index contributed by atoms with van der Waals surface area (Å²) in [5, 5.41) is 0. The van der Waals surface area contributed by atoms with Crippen LogP contribution in [0.4, 0.5) is 0 Å². The van der Waals surface area contributed by atoms with E-state index in [2.05, 4.69) is 76.2 Å². The Morgan fingerprint density at radius 1 is 0.722 bits per heavy atom. The highest BCUT2D eigenvalue weighted by Crippen LogP contribution is 2.50. The summed E-state index contributed by atoms with van der Waals surface area (Å²) >= 11 is 0. The van der Waals surface area contributed by atoms with Gasteiger partial charge in [0.1, 0.15) is 0 Å². The highest BCUT2D eigenvalue weighted by molar-refractivity contribution is 4.90. The number of hydrogen-bond acceptors (Lipinski definition) is 0. The van der Waals surface area contributed by atoms with E-state index >= 15 is 0 Å². The molecule has 0 saturated heterocycles. The average molecular weight is 255 g/mol. The Kier molecular flexibility index (Phi) is 5.55. The number of rotatable bonds is 5. The molecular formula is C18H38. The molecule has 18 heavy (non-hydrogen) atoms. The molecule has 0 aliphatic heterocycles. The van der Waals surface area contributed by atoms with Gasteiger partial charge in [-0.1, -0.05) is 76.2 Å². The predicted octanol–water partition coefficient (Wildman–Crippen LogP) is 6.40. The van der Waals surface area contributed by atoms with Crippen LogP contribution < -0.4 is 0 Å². The van der Waals surface area contributed by atoms with Crippen LogP contribution >= 0.6 is 0 Å². The van der Waals surface area contributed by atoms with Crippen LogP contribution in [0.15, 0.2) is 0 Å². The molecule has 0 bridgehead atoms. The van der Waals surface area contributed by atoms with Gasteiger partial charge in [0.15, 0.2) is 0 Å². The van der Waals surface area contributed by atoms with Crippen molar-refractivity contribution in [2.45, 2.75) is 82.6 Å². The molecule has 110 valence electrons. The summed E-state index contributed by atoms with van der Waals surface area (Å²) in [6.07, 6.45) is 1.29. The second-order valence-corrected chi connectivity index (χ2v) is 9.19. The van der Waals surface area contributed by atoms with Crippen LogP contribution in [0.1, 0.15) is 82.6 Å². The minimum absolute atomic E-state index is 0.366. The van der Waals surface area contributed by atoms with Gasteiger partial charge in [-0.25, -0.2) is 0 Å². The summed E-state index contributed by atoms with van der Waals surface area (Å²) in [5.41, 5.74) is 1.15. The Labute approximate surface area is 117 Å². The Morgan fingerprint density at radius 2 is 1.11 bits per heavy atom. The molecule has 0 radical (unpaired) electrons. The second kappa shape index (κ2) is 5.55. The lowest BCUT2D eigenvalue weighted by Gasteiger charge is -2.48. The van der Waals surface area contributed by atoms with Gasteiger partial charge >= 0.3 is 0 Å². The molecule has 0 rings (SSSR count). The Morgan fingerprint density at radius 3 is 1.39 bits per heavy atom. The molecule has 0 aromatic rings. The molecule has 0 amide bonds. The van der Waals surface area contributed by atoms with E-state index in [0.29, 0.717) is 16.2 Å². The van der Waals surface area contributed by atoms with Crippen molar-refractivity contribution in [3.05, 3.63) is 0 Å². The fourth-order valence-corrected chi connectivity index (χ4v) is 2.85. The van der Waals surface area contributed by atoms with Gasteiger partial charge in [-0.3, -0.25) is 0 Å². The van der Waals surface area contributed by atoms with Gasteiger partial charge in [-0.05, 0) is 40.4 Å². The maximum Gasteiger partial charge on any atom is -0.0300 e. The summed E-state index contributed by atoms with van der Waals surface area (Å²) < 4.78 is 0. The third kappa shape index (κ3) is 4.28. The van der Waals surface area contributed by atoms with Crippen LogP contribution in [0.5, 0.6) is 0 Å². The largest absolute Gasteiger partial charge is 0.0625 e. The van der Waals surface area contributed by atoms with Crippen LogP contribution in [-0.2, 0) is 0 Å². The van der Waals surface area contributed by atoms with Crippen molar-refractivity contribution in [2.24, 2.45) is 34.0 Å². The molecule has 0 aromatic carbocycles. The van der Waals surface area contributed by atoms with E-state index in [1.54, 1.807) is 0 Å². The van der Waals surface area contributed by atoms with E-state index in [0.717, 1.165) is 17.8 Å². The topological polar surface area (TPSA) is 0 Å². The molecule has 0 fully saturated rings. The van der Waals surface area contributed by atoms with E-state index in [9.17, 15) is 0 Å². The quantitative estimate of drug-likeness (QED) is 0.532. The van der Waals surface area contributed by atoms with Crippen LogP contribution in [0.2, 0.25) is 0 Å². The van der Waals surface area contributed by atoms with E-state index in [1.807, 2.05) is 0 Å². The third-order valence-electron chi connectivity index (χ3n) is 6.00. The zero-order chi connectivity index (χ0) is 14.9. The standard InChI is InChI=1S/C18H38/c1-13(2)14(3)15(4)17(8,9)12-18(10,11)16(5,6)7/h13-15H,12H2,1-11H3. The first-order valence-electron chi connectivity index (χ1n) is 7.72. The van der Waals surface area contributed by atoms with Crippen molar-refractivity contribution < 1.29 is 0 Å². The second-order valence-electron chi connectivity index (χ2n) is 9.19. The van der Waals surface area contributed by atoms with Crippen LogP contribution in [0, 0.1) is 34.0 Å². The normalized spacial score (nSPS) is 18.0. The van der Waals surface area contributed by atoms with Gasteiger partial charge in [0.05, 0.1) is 0 Å². The molecular weight excluding hydrogens is 216 g/mol. The Bertz CT molecular complexity index is 250. The van der Waals surface area contributed by atoms with Crippen molar-refractivity contribution in [3.63, 3.8) is 0 Å². The third-order valence-corrected chi connectivity index (χ3v) is 6.00. The zero-order valence-corrected chi connectivity index (χ0v) is 14.9. The van der Waals surface area contributed by atoms with Gasteiger partial charge in [0, 0.05) is 0 Å². The lowest BCUT2D eigenvalue weighted by atomic mass is 9.58. The maximum atomic E-state index is 2.46. The highest BCUT2D eigenvalue weighted by atomic mass is 14.5. The summed E-state index contributed by atoms with van der Waals surface area (Å²) in [5.74, 6) is 2.33. The molecule has 0 aliphatic rings. The molecule has 2 atom stereocenters. The SMILES string of the molecule is CC(C)C(C)C(C)C(C)(C)CC(C)(C)C(C)(C)C. The molecule has 0 spiro atoms. The molecule has 0 aliphatic carbocycles. The zero-order valence-electron chi connectivity index (χ0n) is 14.9. The molecule has 0 heteroatoms. The minimum Gasteiger partial charge on any atom is -0.0625 e. The number of hydrogen-bond donors (Lipinski definition) is 0. The molecule has 0 heterocycles. The summed E-state index contributed by atoms with van der Waals surface area (Å²) in [6, 6.07) is 0. The van der Waals surface area contributed by atoms with Crippen LogP contribution in [0.3, 0.4) is 0 Å². The average Bonchev–Trinajstić information content (AvgIpc) is 2.11. The summed E-state index contributed by atoms with van der Waals surface area (Å²) in [7, 11) is 0. The van der Waals surface area contributed by atoms with Crippen molar-refractivity contribution in [2.75, 3.05) is 0 Å². The van der Waals surface area contributed by atoms with E-state index in [4.69, 9.17) is 0 Å². The van der Waals surface area contributed by atoms with Gasteiger partial charge in [0.25, 0.3) is 0 Å². The molecule has 2 unspecified atom stereocenters. The molecule has 0 N–H and O–H groups in total. The molecule has 0 saturated carbocycles. The van der Waals surface area contributed by atoms with Crippen molar-refractivity contribution >= 4 is 0 Å². The Balaban J connectivity index is 4.96. The van der Waals surface area contributed by atoms with Gasteiger partial charge in [-0.2, -0.15) is 0 Å². The monoisotopic (exact) mass is 254 g/mol. The van der Waals surface area contributed by atoms with Crippen molar-refractivity contribution in [1.29, 1.82) is 0 Å². The summed E-state index contributed by atoms with van der Waals surface area (Å²) in [4.78, 5) is 0. The lowest BCUT2D eigenvalue weighted by molar-refractivity contribution is 0.0209. The van der Waals surface area contributed by atoms with E-state index in [1.165, 1.54) is 6.42 Å². The van der Waals surface area contributed by atoms with Crippen molar-refractivity contribution in [1.82, 2.24) is 0 Å². The maximum absolute atomic E-state index is 2.46. The first-order valence-corrected chi connectivity index (χ1v) is 7.72. The van der Waals surface area contributed by atoms with E-state index in [-0.39, 0.29) is 0 Å². The Hall–Kier alpha value is 0. The fraction of sp³-hybridized carbons (Fsp3) is 1.00. The summed E-state index contributed by atoms with van der Waals surface area (Å²) in [6.45, 7) is 26.5. The van der Waals surface area contributed by atoms with Crippen molar-refractivity contribution in [3.8, 4) is 0 Å². The van der Waals surface area contributed by atoms with Gasteiger partial charge in [-0.15, -0.1) is 0 Å². The smallest absolute Gasteiger partial charge is 0.0300 e. The lowest BCUT2D eigenvalue weighted by Crippen LogP contribution is -2.39. The van der Waals surface area contributed by atoms with Crippen LogP contribution in [0.25, 0.3) is 0 Å². The molecule has 0 aromatic heterocycles. The van der Waals surface area contributed by atoms with Gasteiger partial charge in [0.2, 0.25) is 0 Å². The first-order chi connectivity index (χ1) is 7.72. The molecule has 0 nitrogen and oxygen atoms in total. The predicted molar refractivity (Wildman–Crippen MR) is 84.8 cm³/mol. The minimum atomic E-state index is 0.366. The van der Waals surface area contributed by atoms with Gasteiger partial charge < -0.3 is 0 Å². The highest BCUT2D eigenvalue weighted by Gasteiger charge is 2.41. The van der Waals surface area contributed by atoms with E-state index < -0.39 is 0 Å². The van der Waals surface area contributed by atoms with Crippen LogP contribution in [-0.4, -0.2) is 0 Å².